The first kappa shape index (κ1) is 32.7. The average Bonchev–Trinajstić information content (AvgIpc) is 3.62. The number of hydrogen-bond donors (Lipinski definition) is 0. The molecule has 57 heavy (non-hydrogen) atoms. The van der Waals surface area contributed by atoms with Crippen molar-refractivity contribution in [2.75, 3.05) is 0 Å². The lowest BCUT2D eigenvalue weighted by Gasteiger charge is -2.13. The van der Waals surface area contributed by atoms with Gasteiger partial charge in [-0.25, -0.2) is 15.0 Å². The van der Waals surface area contributed by atoms with Crippen LogP contribution in [0.4, 0.5) is 0 Å². The van der Waals surface area contributed by atoms with E-state index in [-0.39, 0.29) is 0 Å². The molecule has 9 aromatic carbocycles. The molecule has 0 N–H and O–H groups in total. The maximum Gasteiger partial charge on any atom is 0.164 e. The van der Waals surface area contributed by atoms with E-state index in [0.29, 0.717) is 17.5 Å². The normalized spacial score (nSPS) is 11.5. The van der Waals surface area contributed by atoms with Gasteiger partial charge >= 0.3 is 0 Å². The Morgan fingerprint density at radius 2 is 0.807 bits per heavy atom. The van der Waals surface area contributed by atoms with Crippen LogP contribution in [0.5, 0.6) is 0 Å². The third-order valence-corrected chi connectivity index (χ3v) is 11.0. The Bertz CT molecular complexity index is 3280. The number of aromatic nitrogens is 4. The van der Waals surface area contributed by atoms with Crippen LogP contribution in [0.1, 0.15) is 0 Å². The molecule has 2 aromatic heterocycles. The number of para-hydroxylation sites is 2. The Labute approximate surface area is 330 Å². The van der Waals surface area contributed by atoms with Crippen LogP contribution >= 0.6 is 0 Å². The fraction of sp³-hybridized carbons (Fsp3) is 0. The smallest absolute Gasteiger partial charge is 0.164 e. The third-order valence-electron chi connectivity index (χ3n) is 11.0. The predicted molar refractivity (Wildman–Crippen MR) is 236 cm³/mol. The highest BCUT2D eigenvalue weighted by atomic mass is 15.0. The van der Waals surface area contributed by atoms with E-state index in [9.17, 15) is 0 Å². The van der Waals surface area contributed by atoms with Crippen molar-refractivity contribution in [3.63, 3.8) is 0 Å². The van der Waals surface area contributed by atoms with E-state index in [1.54, 1.807) is 0 Å². The quantitative estimate of drug-likeness (QED) is 0.171. The second-order valence-corrected chi connectivity index (χ2v) is 14.5. The van der Waals surface area contributed by atoms with E-state index in [0.717, 1.165) is 55.0 Å². The van der Waals surface area contributed by atoms with Gasteiger partial charge in [-0.2, -0.15) is 0 Å². The van der Waals surface area contributed by atoms with Crippen molar-refractivity contribution in [2.24, 2.45) is 0 Å². The van der Waals surface area contributed by atoms with E-state index < -0.39 is 0 Å². The maximum atomic E-state index is 5.21. The molecule has 0 saturated heterocycles. The largest absolute Gasteiger partial charge is 0.309 e. The first-order valence-corrected chi connectivity index (χ1v) is 19.3. The maximum absolute atomic E-state index is 5.21. The molecular formula is C53H34N4. The summed E-state index contributed by atoms with van der Waals surface area (Å²) in [7, 11) is 0. The third kappa shape index (κ3) is 5.83. The molecule has 0 aliphatic carbocycles. The van der Waals surface area contributed by atoms with E-state index >= 15 is 0 Å². The number of fused-ring (bicyclic) bond motifs is 5. The van der Waals surface area contributed by atoms with Gasteiger partial charge in [0.05, 0.1) is 11.0 Å². The highest BCUT2D eigenvalue weighted by Crippen LogP contribution is 2.37. The van der Waals surface area contributed by atoms with Gasteiger partial charge in [-0.15, -0.1) is 0 Å². The molecule has 4 nitrogen and oxygen atoms in total. The summed E-state index contributed by atoms with van der Waals surface area (Å²) in [5, 5.41) is 7.00. The van der Waals surface area contributed by atoms with Gasteiger partial charge < -0.3 is 4.57 Å². The minimum absolute atomic E-state index is 0.638. The van der Waals surface area contributed by atoms with E-state index in [1.165, 1.54) is 32.9 Å². The predicted octanol–water partition coefficient (Wildman–Crippen LogP) is 13.6. The lowest BCUT2D eigenvalue weighted by atomic mass is 9.96. The Balaban J connectivity index is 1.02. The molecule has 0 unspecified atom stereocenters. The lowest BCUT2D eigenvalue weighted by Crippen LogP contribution is -2.01. The Morgan fingerprint density at radius 1 is 0.281 bits per heavy atom. The van der Waals surface area contributed by atoms with Crippen molar-refractivity contribution >= 4 is 43.4 Å². The molecule has 0 atom stereocenters. The molecule has 0 fully saturated rings. The molecule has 0 aliphatic heterocycles. The summed E-state index contributed by atoms with van der Waals surface area (Å²) in [5.41, 5.74) is 11.0. The fourth-order valence-electron chi connectivity index (χ4n) is 8.21. The summed E-state index contributed by atoms with van der Waals surface area (Å²) in [6.45, 7) is 0. The summed E-state index contributed by atoms with van der Waals surface area (Å²) in [6, 6.07) is 72.9. The van der Waals surface area contributed by atoms with Gasteiger partial charge in [0, 0.05) is 33.2 Å². The van der Waals surface area contributed by atoms with Gasteiger partial charge in [-0.05, 0) is 98.4 Å². The van der Waals surface area contributed by atoms with Gasteiger partial charge in [-0.3, -0.25) is 0 Å². The number of hydrogen-bond acceptors (Lipinski definition) is 3. The first-order chi connectivity index (χ1) is 28.2. The van der Waals surface area contributed by atoms with E-state index in [1.807, 2.05) is 24.3 Å². The highest BCUT2D eigenvalue weighted by Gasteiger charge is 2.17. The van der Waals surface area contributed by atoms with Crippen molar-refractivity contribution in [1.29, 1.82) is 0 Å². The van der Waals surface area contributed by atoms with Crippen molar-refractivity contribution in [1.82, 2.24) is 19.5 Å². The number of rotatable bonds is 6. The molecule has 0 bridgehead atoms. The summed E-state index contributed by atoms with van der Waals surface area (Å²) >= 11 is 0. The summed E-state index contributed by atoms with van der Waals surface area (Å²) in [6.07, 6.45) is 0. The van der Waals surface area contributed by atoms with Crippen molar-refractivity contribution in [3.8, 4) is 62.1 Å². The Morgan fingerprint density at radius 3 is 1.58 bits per heavy atom. The molecular weight excluding hydrogens is 693 g/mol. The molecule has 0 spiro atoms. The second kappa shape index (κ2) is 13.6. The van der Waals surface area contributed by atoms with Crippen LogP contribution in [-0.2, 0) is 0 Å². The minimum Gasteiger partial charge on any atom is -0.309 e. The van der Waals surface area contributed by atoms with E-state index in [2.05, 4.69) is 187 Å². The number of benzene rings is 9. The topological polar surface area (TPSA) is 43.6 Å². The molecule has 11 rings (SSSR count). The highest BCUT2D eigenvalue weighted by molar-refractivity contribution is 6.10. The first-order valence-electron chi connectivity index (χ1n) is 19.3. The Kier molecular flexibility index (Phi) is 7.78. The molecule has 11 aromatic rings. The zero-order chi connectivity index (χ0) is 37.7. The second-order valence-electron chi connectivity index (χ2n) is 14.5. The van der Waals surface area contributed by atoms with Gasteiger partial charge in [0.15, 0.2) is 17.5 Å². The molecule has 266 valence electrons. The van der Waals surface area contributed by atoms with Crippen LogP contribution in [0.25, 0.3) is 105 Å². The lowest BCUT2D eigenvalue weighted by molar-refractivity contribution is 1.08. The van der Waals surface area contributed by atoms with Crippen LogP contribution < -0.4 is 0 Å². The van der Waals surface area contributed by atoms with Gasteiger partial charge in [0.1, 0.15) is 0 Å². The van der Waals surface area contributed by atoms with Gasteiger partial charge in [0.25, 0.3) is 0 Å². The monoisotopic (exact) mass is 726 g/mol. The average molecular weight is 727 g/mol. The molecule has 0 saturated carbocycles. The zero-order valence-corrected chi connectivity index (χ0v) is 30.9. The van der Waals surface area contributed by atoms with Gasteiger partial charge in [0.2, 0.25) is 0 Å². The SMILES string of the molecule is c1ccc(-c2cc(-c3nc(-c4ccccc4)nc(-c4ccc5cc(-c6ccc7c(c6)c6ccccc6n7-c6ccccc6)ccc5c4)n3)c3ccccc3c2)cc1. The van der Waals surface area contributed by atoms with Crippen molar-refractivity contribution < 1.29 is 0 Å². The van der Waals surface area contributed by atoms with Crippen LogP contribution in [-0.4, -0.2) is 19.5 Å². The molecule has 4 heteroatoms. The van der Waals surface area contributed by atoms with Crippen LogP contribution in [0.15, 0.2) is 206 Å². The van der Waals surface area contributed by atoms with Crippen LogP contribution in [0, 0.1) is 0 Å². The zero-order valence-electron chi connectivity index (χ0n) is 30.9. The standard InChI is InChI=1S/C53H34N4/c1-4-14-35(15-5-1)43-32-41-18-10-11-21-45(41)48(34-43)53-55-51(36-16-6-2-7-17-36)54-52(56-53)42-27-26-37-30-38(24-25-39(37)31-42)40-28-29-50-47(33-40)46-22-12-13-23-49(46)57(50)44-19-8-3-9-20-44/h1-34H. The molecule has 0 amide bonds. The van der Waals surface area contributed by atoms with Crippen LogP contribution in [0.2, 0.25) is 0 Å². The van der Waals surface area contributed by atoms with Crippen molar-refractivity contribution in [3.05, 3.63) is 206 Å². The Hall–Kier alpha value is -7.69. The van der Waals surface area contributed by atoms with Gasteiger partial charge in [-0.1, -0.05) is 152 Å². The summed E-state index contributed by atoms with van der Waals surface area (Å²) in [5.74, 6) is 1.93. The number of nitrogens with zero attached hydrogens (tertiary/aromatic N) is 4. The summed E-state index contributed by atoms with van der Waals surface area (Å²) in [4.78, 5) is 15.4. The molecule has 2 heterocycles. The molecule has 0 radical (unpaired) electrons. The van der Waals surface area contributed by atoms with Crippen LogP contribution in [0.3, 0.4) is 0 Å². The molecule has 0 aliphatic rings. The fourth-order valence-corrected chi connectivity index (χ4v) is 8.21. The van der Waals surface area contributed by atoms with E-state index in [4.69, 9.17) is 15.0 Å². The minimum atomic E-state index is 0.638. The van der Waals surface area contributed by atoms with Crippen molar-refractivity contribution in [2.45, 2.75) is 0 Å². The summed E-state index contributed by atoms with van der Waals surface area (Å²) < 4.78 is 2.36.